The molecule has 0 radical (unpaired) electrons. The van der Waals surface area contributed by atoms with Crippen LogP contribution in [-0.2, 0) is 5.41 Å². The lowest BCUT2D eigenvalue weighted by Gasteiger charge is -2.34. The Morgan fingerprint density at radius 2 is 0.636 bits per heavy atom. The highest BCUT2D eigenvalue weighted by Crippen LogP contribution is 2.56. The van der Waals surface area contributed by atoms with Gasteiger partial charge >= 0.3 is 0 Å². The number of nitrogens with zero attached hydrogens (tertiary/aromatic N) is 1. The van der Waals surface area contributed by atoms with Crippen LogP contribution < -0.4 is 4.90 Å². The first-order chi connectivity index (χ1) is 32.7. The monoisotopic (exact) mass is 839 g/mol. The molecule has 1 aliphatic carbocycles. The summed E-state index contributed by atoms with van der Waals surface area (Å²) < 4.78 is 0. The normalized spacial score (nSPS) is 12.4. The van der Waals surface area contributed by atoms with Crippen molar-refractivity contribution in [3.8, 4) is 55.6 Å². The van der Waals surface area contributed by atoms with E-state index in [4.69, 9.17) is 0 Å². The summed E-state index contributed by atoms with van der Waals surface area (Å²) in [4.78, 5) is 2.36. The van der Waals surface area contributed by atoms with Gasteiger partial charge in [0.25, 0.3) is 0 Å². The first kappa shape index (κ1) is 39.1. The lowest BCUT2D eigenvalue weighted by Crippen LogP contribution is -2.28. The number of anilines is 3. The Balaban J connectivity index is 0.945. The van der Waals surface area contributed by atoms with Gasteiger partial charge in [0, 0.05) is 17.1 Å². The Bertz CT molecular complexity index is 3430. The van der Waals surface area contributed by atoms with Gasteiger partial charge in [0.15, 0.2) is 0 Å². The Morgan fingerprint density at radius 3 is 1.21 bits per heavy atom. The highest BCUT2D eigenvalue weighted by Gasteiger charge is 2.46. The molecule has 0 aliphatic heterocycles. The fraction of sp³-hybridized carbons (Fsp3) is 0.0154. The molecule has 0 saturated heterocycles. The van der Waals surface area contributed by atoms with Gasteiger partial charge in [-0.3, -0.25) is 0 Å². The van der Waals surface area contributed by atoms with Gasteiger partial charge in [0.2, 0.25) is 0 Å². The zero-order chi connectivity index (χ0) is 43.9. The van der Waals surface area contributed by atoms with Crippen LogP contribution in [0.2, 0.25) is 0 Å². The van der Waals surface area contributed by atoms with Crippen LogP contribution in [0.15, 0.2) is 273 Å². The Kier molecular flexibility index (Phi) is 9.81. The van der Waals surface area contributed by atoms with Crippen molar-refractivity contribution in [1.82, 2.24) is 0 Å². The van der Waals surface area contributed by atoms with Gasteiger partial charge < -0.3 is 4.90 Å². The van der Waals surface area contributed by atoms with Crippen molar-refractivity contribution in [2.45, 2.75) is 5.41 Å². The van der Waals surface area contributed by atoms with E-state index in [-0.39, 0.29) is 0 Å². The molecule has 11 aromatic carbocycles. The molecule has 0 atom stereocenters. The predicted molar refractivity (Wildman–Crippen MR) is 278 cm³/mol. The zero-order valence-corrected chi connectivity index (χ0v) is 36.4. The molecule has 11 aromatic rings. The van der Waals surface area contributed by atoms with E-state index in [0.29, 0.717) is 0 Å². The summed E-state index contributed by atoms with van der Waals surface area (Å²) in [6, 6.07) is 99.9. The molecule has 0 spiro atoms. The summed E-state index contributed by atoms with van der Waals surface area (Å²) in [5, 5.41) is 2.50. The van der Waals surface area contributed by atoms with Crippen molar-refractivity contribution in [3.63, 3.8) is 0 Å². The van der Waals surface area contributed by atoms with Gasteiger partial charge in [-0.1, -0.05) is 231 Å². The summed E-state index contributed by atoms with van der Waals surface area (Å²) in [6.45, 7) is 0. The minimum absolute atomic E-state index is 0.501. The molecule has 0 fully saturated rings. The zero-order valence-electron chi connectivity index (χ0n) is 36.4. The van der Waals surface area contributed by atoms with Crippen LogP contribution in [0, 0.1) is 0 Å². The molecule has 0 N–H and O–H groups in total. The second-order valence-corrected chi connectivity index (χ2v) is 17.2. The number of fused-ring (bicyclic) bond motifs is 4. The maximum Gasteiger partial charge on any atom is 0.0713 e. The van der Waals surface area contributed by atoms with E-state index < -0.39 is 5.41 Å². The van der Waals surface area contributed by atoms with Crippen molar-refractivity contribution in [2.75, 3.05) is 4.90 Å². The summed E-state index contributed by atoms with van der Waals surface area (Å²) in [7, 11) is 0. The molecule has 0 saturated carbocycles. The molecular formula is C65H45N. The van der Waals surface area contributed by atoms with Crippen LogP contribution in [0.4, 0.5) is 17.1 Å². The molecule has 0 unspecified atom stereocenters. The Labute approximate surface area is 387 Å². The van der Waals surface area contributed by atoms with Gasteiger partial charge in [0.1, 0.15) is 0 Å². The van der Waals surface area contributed by atoms with Crippen molar-refractivity contribution in [3.05, 3.63) is 295 Å². The van der Waals surface area contributed by atoms with Crippen LogP contribution in [0.25, 0.3) is 66.4 Å². The van der Waals surface area contributed by atoms with Crippen LogP contribution in [0.3, 0.4) is 0 Å². The largest absolute Gasteiger partial charge is 0.311 e. The van der Waals surface area contributed by atoms with E-state index >= 15 is 0 Å². The van der Waals surface area contributed by atoms with Crippen molar-refractivity contribution >= 4 is 27.8 Å². The molecule has 0 bridgehead atoms. The van der Waals surface area contributed by atoms with E-state index in [1.54, 1.807) is 0 Å². The van der Waals surface area contributed by atoms with Gasteiger partial charge in [0.05, 0.1) is 5.41 Å². The third-order valence-electron chi connectivity index (χ3n) is 13.6. The first-order valence-corrected chi connectivity index (χ1v) is 22.8. The second-order valence-electron chi connectivity index (χ2n) is 17.2. The summed E-state index contributed by atoms with van der Waals surface area (Å²) in [5.74, 6) is 0. The molecule has 1 heteroatoms. The number of hydrogen-bond acceptors (Lipinski definition) is 1. The van der Waals surface area contributed by atoms with Crippen LogP contribution in [0.1, 0.15) is 22.3 Å². The molecule has 12 rings (SSSR count). The topological polar surface area (TPSA) is 3.24 Å². The number of hydrogen-bond donors (Lipinski definition) is 0. The van der Waals surface area contributed by atoms with E-state index in [2.05, 4.69) is 278 Å². The summed E-state index contributed by atoms with van der Waals surface area (Å²) in [5.41, 5.74) is 20.1. The molecule has 0 amide bonds. The van der Waals surface area contributed by atoms with Gasteiger partial charge in [-0.05, 0) is 131 Å². The minimum atomic E-state index is -0.501. The smallest absolute Gasteiger partial charge is 0.0713 e. The van der Waals surface area contributed by atoms with Crippen molar-refractivity contribution < 1.29 is 0 Å². The van der Waals surface area contributed by atoms with Crippen molar-refractivity contribution in [2.24, 2.45) is 0 Å². The fourth-order valence-corrected chi connectivity index (χ4v) is 10.4. The van der Waals surface area contributed by atoms with Crippen LogP contribution in [-0.4, -0.2) is 0 Å². The number of rotatable bonds is 9. The Hall–Kier alpha value is -8.52. The standard InChI is InChI=1S/C65H45N/c1-3-15-46(16-4-1)48-29-37-54(38-30-48)65(63-27-11-9-24-61(63)62-25-10-12-28-64(62)65)55-22-13-21-53(45-55)50-33-41-57(42-34-50)66(56-39-31-49(32-40-56)47-17-5-2-6-18-47)58-43-35-52(36-44-58)60-26-14-20-51-19-7-8-23-59(51)60/h1-45H. The average molecular weight is 840 g/mol. The molecule has 1 nitrogen and oxygen atoms in total. The molecule has 0 heterocycles. The number of benzene rings is 11. The van der Waals surface area contributed by atoms with Crippen LogP contribution in [0.5, 0.6) is 0 Å². The first-order valence-electron chi connectivity index (χ1n) is 22.8. The maximum absolute atomic E-state index is 2.42. The van der Waals surface area contributed by atoms with E-state index in [0.717, 1.165) is 17.1 Å². The third kappa shape index (κ3) is 6.73. The van der Waals surface area contributed by atoms with Gasteiger partial charge in [-0.25, -0.2) is 0 Å². The molecule has 66 heavy (non-hydrogen) atoms. The van der Waals surface area contributed by atoms with E-state index in [9.17, 15) is 0 Å². The van der Waals surface area contributed by atoms with Gasteiger partial charge in [-0.15, -0.1) is 0 Å². The van der Waals surface area contributed by atoms with Gasteiger partial charge in [-0.2, -0.15) is 0 Å². The average Bonchev–Trinajstić information content (AvgIpc) is 3.71. The molecule has 1 aliphatic rings. The van der Waals surface area contributed by atoms with Crippen LogP contribution >= 0.6 is 0 Å². The third-order valence-corrected chi connectivity index (χ3v) is 13.6. The fourth-order valence-electron chi connectivity index (χ4n) is 10.4. The molecule has 310 valence electrons. The molecular weight excluding hydrogens is 795 g/mol. The molecule has 0 aromatic heterocycles. The summed E-state index contributed by atoms with van der Waals surface area (Å²) >= 11 is 0. The quantitative estimate of drug-likeness (QED) is 0.140. The highest BCUT2D eigenvalue weighted by molar-refractivity contribution is 5.97. The lowest BCUT2D eigenvalue weighted by molar-refractivity contribution is 0.769. The SMILES string of the molecule is c1ccc(-c2ccc(N(c3ccc(-c4cccc(C5(c6ccc(-c7ccccc7)cc6)c6ccccc6-c6ccccc65)c4)cc3)c3ccc(-c4cccc5ccccc45)cc3)cc2)cc1. The van der Waals surface area contributed by atoms with Crippen molar-refractivity contribution in [1.29, 1.82) is 0 Å². The van der Waals surface area contributed by atoms with E-state index in [1.165, 1.54) is 88.7 Å². The highest BCUT2D eigenvalue weighted by atomic mass is 15.1. The lowest BCUT2D eigenvalue weighted by atomic mass is 9.67. The second kappa shape index (κ2) is 16.6. The predicted octanol–water partition coefficient (Wildman–Crippen LogP) is 17.3. The summed E-state index contributed by atoms with van der Waals surface area (Å²) in [6.07, 6.45) is 0. The van der Waals surface area contributed by atoms with E-state index in [1.807, 2.05) is 0 Å². The maximum atomic E-state index is 2.42. The Morgan fingerprint density at radius 1 is 0.242 bits per heavy atom. The minimum Gasteiger partial charge on any atom is -0.311 e.